The van der Waals surface area contributed by atoms with Gasteiger partial charge in [-0.15, -0.1) is 0 Å². The van der Waals surface area contributed by atoms with Crippen molar-refractivity contribution in [2.45, 2.75) is 12.6 Å². The molecule has 2 aromatic rings. The first-order valence-corrected chi connectivity index (χ1v) is 7.02. The van der Waals surface area contributed by atoms with Crippen molar-refractivity contribution in [2.24, 2.45) is 0 Å². The van der Waals surface area contributed by atoms with Crippen LogP contribution in [0.3, 0.4) is 0 Å². The van der Waals surface area contributed by atoms with Crippen LogP contribution in [0, 0.1) is 0 Å². The summed E-state index contributed by atoms with van der Waals surface area (Å²) in [5.74, 6) is 0. The molecule has 1 aliphatic rings. The van der Waals surface area contributed by atoms with Crippen LogP contribution in [0.4, 0.5) is 5.69 Å². The third kappa shape index (κ3) is 2.98. The normalized spacial score (nSPS) is 19.9. The Morgan fingerprint density at radius 2 is 2.25 bits per heavy atom. The van der Waals surface area contributed by atoms with E-state index >= 15 is 0 Å². The highest BCUT2D eigenvalue weighted by atomic mass is 15.2. The van der Waals surface area contributed by atoms with Gasteiger partial charge in [-0.05, 0) is 29.3 Å². The Morgan fingerprint density at radius 3 is 3.05 bits per heavy atom. The number of rotatable bonds is 3. The van der Waals surface area contributed by atoms with Crippen molar-refractivity contribution in [2.75, 3.05) is 25.4 Å². The topological polar surface area (TPSA) is 54.2 Å². The Hall–Kier alpha value is -1.91. The highest BCUT2D eigenvalue weighted by Crippen LogP contribution is 2.23. The molecule has 104 valence electrons. The van der Waals surface area contributed by atoms with Gasteiger partial charge in [-0.1, -0.05) is 18.2 Å². The molecule has 1 aromatic heterocycles. The smallest absolute Gasteiger partial charge is 0.0491 e. The van der Waals surface area contributed by atoms with Crippen LogP contribution in [0.15, 0.2) is 48.8 Å². The average Bonchev–Trinajstić information content (AvgIpc) is 2.49. The first-order valence-electron chi connectivity index (χ1n) is 7.02. The second-order valence-corrected chi connectivity index (χ2v) is 5.22. The van der Waals surface area contributed by atoms with Gasteiger partial charge in [-0.25, -0.2) is 0 Å². The number of aromatic nitrogens is 1. The van der Waals surface area contributed by atoms with Gasteiger partial charge in [0.2, 0.25) is 0 Å². The Balaban J connectivity index is 1.79. The number of nitrogens with two attached hydrogens (primary N) is 1. The zero-order valence-corrected chi connectivity index (χ0v) is 11.5. The van der Waals surface area contributed by atoms with Crippen molar-refractivity contribution in [3.05, 3.63) is 59.9 Å². The van der Waals surface area contributed by atoms with Gasteiger partial charge in [0.1, 0.15) is 0 Å². The second kappa shape index (κ2) is 6.03. The SMILES string of the molecule is Nc1cccc(CN2CCNCC2c2cccnc2)c1. The monoisotopic (exact) mass is 268 g/mol. The molecule has 1 aliphatic heterocycles. The zero-order valence-electron chi connectivity index (χ0n) is 11.5. The summed E-state index contributed by atoms with van der Waals surface area (Å²) in [5, 5.41) is 3.47. The average molecular weight is 268 g/mol. The maximum Gasteiger partial charge on any atom is 0.0491 e. The third-order valence-electron chi connectivity index (χ3n) is 3.76. The van der Waals surface area contributed by atoms with Crippen LogP contribution < -0.4 is 11.1 Å². The summed E-state index contributed by atoms with van der Waals surface area (Å²) in [6.07, 6.45) is 3.78. The molecule has 1 atom stereocenters. The van der Waals surface area contributed by atoms with Gasteiger partial charge < -0.3 is 11.1 Å². The predicted octanol–water partition coefficient (Wildman–Crippen LogP) is 1.81. The van der Waals surface area contributed by atoms with E-state index in [0.717, 1.165) is 31.9 Å². The molecule has 0 bridgehead atoms. The maximum atomic E-state index is 5.87. The van der Waals surface area contributed by atoms with E-state index in [1.165, 1.54) is 11.1 Å². The molecule has 2 heterocycles. The molecule has 1 aromatic carbocycles. The van der Waals surface area contributed by atoms with E-state index in [2.05, 4.69) is 33.4 Å². The Morgan fingerprint density at radius 1 is 1.30 bits per heavy atom. The fraction of sp³-hybridized carbons (Fsp3) is 0.312. The lowest BCUT2D eigenvalue weighted by molar-refractivity contribution is 0.153. The zero-order chi connectivity index (χ0) is 13.8. The van der Waals surface area contributed by atoms with Crippen molar-refractivity contribution in [3.63, 3.8) is 0 Å². The van der Waals surface area contributed by atoms with E-state index < -0.39 is 0 Å². The van der Waals surface area contributed by atoms with E-state index in [1.807, 2.05) is 30.6 Å². The first-order chi connectivity index (χ1) is 9.83. The van der Waals surface area contributed by atoms with Gasteiger partial charge in [0.05, 0.1) is 0 Å². The van der Waals surface area contributed by atoms with E-state index in [0.29, 0.717) is 6.04 Å². The van der Waals surface area contributed by atoms with E-state index in [9.17, 15) is 0 Å². The molecule has 4 nitrogen and oxygen atoms in total. The van der Waals surface area contributed by atoms with Crippen molar-refractivity contribution < 1.29 is 0 Å². The molecule has 0 radical (unpaired) electrons. The number of hydrogen-bond donors (Lipinski definition) is 2. The molecule has 1 unspecified atom stereocenters. The summed E-state index contributed by atoms with van der Waals surface area (Å²) >= 11 is 0. The lowest BCUT2D eigenvalue weighted by atomic mass is 10.0. The van der Waals surface area contributed by atoms with Crippen LogP contribution in [0.2, 0.25) is 0 Å². The fourth-order valence-corrected chi connectivity index (χ4v) is 2.76. The molecule has 0 amide bonds. The van der Waals surface area contributed by atoms with Crippen molar-refractivity contribution in [1.29, 1.82) is 0 Å². The summed E-state index contributed by atoms with van der Waals surface area (Å²) < 4.78 is 0. The van der Waals surface area contributed by atoms with E-state index in [4.69, 9.17) is 5.73 Å². The molecule has 1 saturated heterocycles. The van der Waals surface area contributed by atoms with Gasteiger partial charge in [0.25, 0.3) is 0 Å². The summed E-state index contributed by atoms with van der Waals surface area (Å²) in [6, 6.07) is 12.7. The number of benzene rings is 1. The van der Waals surface area contributed by atoms with Crippen molar-refractivity contribution >= 4 is 5.69 Å². The van der Waals surface area contributed by atoms with Gasteiger partial charge >= 0.3 is 0 Å². The fourth-order valence-electron chi connectivity index (χ4n) is 2.76. The minimum Gasteiger partial charge on any atom is -0.399 e. The van der Waals surface area contributed by atoms with Crippen LogP contribution in [-0.4, -0.2) is 29.5 Å². The number of pyridine rings is 1. The highest BCUT2D eigenvalue weighted by Gasteiger charge is 2.23. The predicted molar refractivity (Wildman–Crippen MR) is 81.1 cm³/mol. The molecule has 3 rings (SSSR count). The van der Waals surface area contributed by atoms with Gasteiger partial charge in [-0.3, -0.25) is 9.88 Å². The van der Waals surface area contributed by atoms with Crippen LogP contribution >= 0.6 is 0 Å². The number of nitrogens with one attached hydrogen (secondary N) is 1. The Kier molecular flexibility index (Phi) is 3.95. The van der Waals surface area contributed by atoms with Crippen molar-refractivity contribution in [3.8, 4) is 0 Å². The van der Waals surface area contributed by atoms with E-state index in [1.54, 1.807) is 0 Å². The number of anilines is 1. The first kappa shape index (κ1) is 13.1. The summed E-state index contributed by atoms with van der Waals surface area (Å²) in [4.78, 5) is 6.73. The van der Waals surface area contributed by atoms with Crippen molar-refractivity contribution in [1.82, 2.24) is 15.2 Å². The molecular weight excluding hydrogens is 248 g/mol. The lowest BCUT2D eigenvalue weighted by Gasteiger charge is -2.36. The molecule has 3 N–H and O–H groups in total. The second-order valence-electron chi connectivity index (χ2n) is 5.22. The molecular formula is C16H20N4. The number of hydrogen-bond acceptors (Lipinski definition) is 4. The number of piperazine rings is 1. The quantitative estimate of drug-likeness (QED) is 0.834. The van der Waals surface area contributed by atoms with Gasteiger partial charge in [-0.2, -0.15) is 0 Å². The van der Waals surface area contributed by atoms with Gasteiger partial charge in [0.15, 0.2) is 0 Å². The third-order valence-corrected chi connectivity index (χ3v) is 3.76. The minimum absolute atomic E-state index is 0.374. The molecule has 1 fully saturated rings. The van der Waals surface area contributed by atoms with Gasteiger partial charge in [0, 0.05) is 50.3 Å². The maximum absolute atomic E-state index is 5.87. The molecule has 0 spiro atoms. The Labute approximate surface area is 119 Å². The standard InChI is InChI=1S/C16H20N4/c17-15-5-1-3-13(9-15)12-20-8-7-19-11-16(20)14-4-2-6-18-10-14/h1-6,9-10,16,19H,7-8,11-12,17H2. The lowest BCUT2D eigenvalue weighted by Crippen LogP contribution is -2.45. The summed E-state index contributed by atoms with van der Waals surface area (Å²) in [6.45, 7) is 3.95. The molecule has 0 aliphatic carbocycles. The van der Waals surface area contributed by atoms with Crippen LogP contribution in [0.5, 0.6) is 0 Å². The summed E-state index contributed by atoms with van der Waals surface area (Å²) in [7, 11) is 0. The number of nitrogens with zero attached hydrogens (tertiary/aromatic N) is 2. The number of nitrogen functional groups attached to an aromatic ring is 1. The summed E-state index contributed by atoms with van der Waals surface area (Å²) in [5.41, 5.74) is 9.23. The van der Waals surface area contributed by atoms with Crippen LogP contribution in [0.25, 0.3) is 0 Å². The minimum atomic E-state index is 0.374. The van der Waals surface area contributed by atoms with Crippen LogP contribution in [-0.2, 0) is 6.54 Å². The van der Waals surface area contributed by atoms with Crippen LogP contribution in [0.1, 0.15) is 17.2 Å². The van der Waals surface area contributed by atoms with E-state index in [-0.39, 0.29) is 0 Å². The molecule has 0 saturated carbocycles. The molecule has 4 heteroatoms. The Bertz CT molecular complexity index is 555. The molecule has 20 heavy (non-hydrogen) atoms. The highest BCUT2D eigenvalue weighted by molar-refractivity contribution is 5.40. The largest absolute Gasteiger partial charge is 0.399 e.